The average molecular weight is 431 g/mol. The zero-order chi connectivity index (χ0) is 22.7. The van der Waals surface area contributed by atoms with Gasteiger partial charge in [-0.25, -0.2) is 0 Å². The van der Waals surface area contributed by atoms with E-state index in [1.54, 1.807) is 6.07 Å². The molecular formula is C25H26N4O3. The highest BCUT2D eigenvalue weighted by Gasteiger charge is 2.14. The molecule has 0 atom stereocenters. The van der Waals surface area contributed by atoms with Crippen LogP contribution in [0.1, 0.15) is 22.3 Å². The van der Waals surface area contributed by atoms with E-state index in [1.807, 2.05) is 69.3 Å². The summed E-state index contributed by atoms with van der Waals surface area (Å²) in [6.07, 6.45) is 0.501. The SMILES string of the molecule is Cc1cc(C)c(NC(=O)COc2ccc(CCO)cc2-n2nc3ccccc3n2)c(C)c1. The highest BCUT2D eigenvalue weighted by atomic mass is 16.5. The molecule has 0 aliphatic heterocycles. The summed E-state index contributed by atoms with van der Waals surface area (Å²) >= 11 is 0. The lowest BCUT2D eigenvalue weighted by molar-refractivity contribution is -0.118. The van der Waals surface area contributed by atoms with Crippen molar-refractivity contribution < 1.29 is 14.6 Å². The van der Waals surface area contributed by atoms with Gasteiger partial charge in [0.1, 0.15) is 22.5 Å². The lowest BCUT2D eigenvalue weighted by Crippen LogP contribution is -2.22. The van der Waals surface area contributed by atoms with Gasteiger partial charge in [0.15, 0.2) is 6.61 Å². The number of ether oxygens (including phenoxy) is 1. The number of fused-ring (bicyclic) bond motifs is 1. The first-order chi connectivity index (χ1) is 15.4. The topological polar surface area (TPSA) is 89.3 Å². The summed E-state index contributed by atoms with van der Waals surface area (Å²) in [5.74, 6) is 0.239. The van der Waals surface area contributed by atoms with E-state index in [1.165, 1.54) is 4.80 Å². The molecule has 0 unspecified atom stereocenters. The molecule has 0 saturated carbocycles. The Bertz CT molecular complexity index is 1220. The fourth-order valence-corrected chi connectivity index (χ4v) is 3.79. The van der Waals surface area contributed by atoms with Crippen molar-refractivity contribution in [3.05, 3.63) is 76.9 Å². The van der Waals surface area contributed by atoms with Crippen molar-refractivity contribution in [2.45, 2.75) is 27.2 Å². The highest BCUT2D eigenvalue weighted by Crippen LogP contribution is 2.26. The van der Waals surface area contributed by atoms with E-state index < -0.39 is 0 Å². The molecule has 0 bridgehead atoms. The minimum absolute atomic E-state index is 0.0335. The van der Waals surface area contributed by atoms with E-state index in [9.17, 15) is 9.90 Å². The smallest absolute Gasteiger partial charge is 0.262 e. The Morgan fingerprint density at radius 3 is 2.28 bits per heavy atom. The molecule has 4 aromatic rings. The molecular weight excluding hydrogens is 404 g/mol. The zero-order valence-electron chi connectivity index (χ0n) is 18.4. The zero-order valence-corrected chi connectivity index (χ0v) is 18.4. The quantitative estimate of drug-likeness (QED) is 0.464. The van der Waals surface area contributed by atoms with Crippen LogP contribution in [0.2, 0.25) is 0 Å². The first-order valence-electron chi connectivity index (χ1n) is 10.5. The summed E-state index contributed by atoms with van der Waals surface area (Å²) in [7, 11) is 0. The van der Waals surface area contributed by atoms with E-state index in [0.29, 0.717) is 17.9 Å². The van der Waals surface area contributed by atoms with Gasteiger partial charge in [0.05, 0.1) is 0 Å². The summed E-state index contributed by atoms with van der Waals surface area (Å²) in [4.78, 5) is 14.1. The van der Waals surface area contributed by atoms with Crippen LogP contribution in [0.25, 0.3) is 16.7 Å². The summed E-state index contributed by atoms with van der Waals surface area (Å²) in [5.41, 5.74) is 7.04. The lowest BCUT2D eigenvalue weighted by atomic mass is 10.1. The molecule has 0 saturated heterocycles. The summed E-state index contributed by atoms with van der Waals surface area (Å²) in [6.45, 7) is 5.86. The second kappa shape index (κ2) is 9.20. The Labute approximate surface area is 186 Å². The van der Waals surface area contributed by atoms with Crippen molar-refractivity contribution in [2.75, 3.05) is 18.5 Å². The number of aryl methyl sites for hydroxylation is 3. The Balaban J connectivity index is 1.57. The summed E-state index contributed by atoms with van der Waals surface area (Å²) in [6, 6.07) is 17.2. The number of nitrogens with zero attached hydrogens (tertiary/aromatic N) is 3. The first-order valence-corrected chi connectivity index (χ1v) is 10.5. The molecule has 1 heterocycles. The van der Waals surface area contributed by atoms with Crippen molar-refractivity contribution in [3.8, 4) is 11.4 Å². The van der Waals surface area contributed by atoms with Crippen LogP contribution in [0, 0.1) is 20.8 Å². The van der Waals surface area contributed by atoms with Crippen molar-refractivity contribution >= 4 is 22.6 Å². The number of aliphatic hydroxyl groups excluding tert-OH is 1. The number of rotatable bonds is 7. The number of hydrogen-bond acceptors (Lipinski definition) is 5. The van der Waals surface area contributed by atoms with Gasteiger partial charge in [-0.05, 0) is 68.1 Å². The monoisotopic (exact) mass is 430 g/mol. The third kappa shape index (κ3) is 4.63. The minimum Gasteiger partial charge on any atom is -0.481 e. The number of benzene rings is 3. The van der Waals surface area contributed by atoms with Crippen LogP contribution in [-0.4, -0.2) is 39.2 Å². The fourth-order valence-electron chi connectivity index (χ4n) is 3.79. The largest absolute Gasteiger partial charge is 0.481 e. The maximum Gasteiger partial charge on any atom is 0.262 e. The molecule has 0 aliphatic rings. The standard InChI is InChI=1S/C25H26N4O3/c1-16-12-17(2)25(18(3)13-16)26-24(31)15-32-23-9-8-19(10-11-30)14-22(23)29-27-20-6-4-5-7-21(20)28-29/h4-9,12-14,30H,10-11,15H2,1-3H3,(H,26,31). The van der Waals surface area contributed by atoms with E-state index in [-0.39, 0.29) is 19.1 Å². The van der Waals surface area contributed by atoms with Gasteiger partial charge < -0.3 is 15.2 Å². The molecule has 1 amide bonds. The van der Waals surface area contributed by atoms with Crippen molar-refractivity contribution in [2.24, 2.45) is 0 Å². The molecule has 32 heavy (non-hydrogen) atoms. The number of anilines is 1. The fraction of sp³-hybridized carbons (Fsp3) is 0.240. The van der Waals surface area contributed by atoms with E-state index in [0.717, 1.165) is 39.0 Å². The Morgan fingerprint density at radius 2 is 1.66 bits per heavy atom. The molecule has 164 valence electrons. The van der Waals surface area contributed by atoms with Gasteiger partial charge in [-0.3, -0.25) is 4.79 Å². The molecule has 0 radical (unpaired) electrons. The predicted octanol–water partition coefficient (Wildman–Crippen LogP) is 3.90. The third-order valence-corrected chi connectivity index (χ3v) is 5.23. The van der Waals surface area contributed by atoms with Crippen molar-refractivity contribution in [3.63, 3.8) is 0 Å². The number of carbonyl (C=O) groups excluding carboxylic acids is 1. The van der Waals surface area contributed by atoms with Gasteiger partial charge in [-0.2, -0.15) is 0 Å². The number of aromatic nitrogens is 3. The maximum absolute atomic E-state index is 12.6. The number of hydrogen-bond donors (Lipinski definition) is 2. The molecule has 0 fully saturated rings. The Kier molecular flexibility index (Phi) is 6.18. The molecule has 0 spiro atoms. The molecule has 0 aliphatic carbocycles. The van der Waals surface area contributed by atoms with Gasteiger partial charge in [-0.15, -0.1) is 15.0 Å². The Morgan fingerprint density at radius 1 is 1.00 bits per heavy atom. The van der Waals surface area contributed by atoms with Crippen LogP contribution in [0.15, 0.2) is 54.6 Å². The van der Waals surface area contributed by atoms with Crippen LogP contribution in [0.3, 0.4) is 0 Å². The molecule has 7 heteroatoms. The van der Waals surface area contributed by atoms with E-state index >= 15 is 0 Å². The van der Waals surface area contributed by atoms with Crippen LogP contribution in [0.4, 0.5) is 5.69 Å². The van der Waals surface area contributed by atoms with Crippen LogP contribution in [0.5, 0.6) is 5.75 Å². The molecule has 1 aromatic heterocycles. The van der Waals surface area contributed by atoms with Crippen LogP contribution >= 0.6 is 0 Å². The normalized spacial score (nSPS) is 11.0. The van der Waals surface area contributed by atoms with E-state index in [2.05, 4.69) is 15.5 Å². The molecule has 4 rings (SSSR count). The molecule has 3 aromatic carbocycles. The lowest BCUT2D eigenvalue weighted by Gasteiger charge is -2.15. The Hall–Kier alpha value is -3.71. The second-order valence-electron chi connectivity index (χ2n) is 7.86. The van der Waals surface area contributed by atoms with Gasteiger partial charge in [0.2, 0.25) is 0 Å². The van der Waals surface area contributed by atoms with Gasteiger partial charge in [0.25, 0.3) is 5.91 Å². The third-order valence-electron chi connectivity index (χ3n) is 5.23. The van der Waals surface area contributed by atoms with E-state index in [4.69, 9.17) is 4.74 Å². The maximum atomic E-state index is 12.6. The van der Waals surface area contributed by atoms with Gasteiger partial charge in [0, 0.05) is 12.3 Å². The van der Waals surface area contributed by atoms with Crippen LogP contribution in [-0.2, 0) is 11.2 Å². The van der Waals surface area contributed by atoms with Crippen LogP contribution < -0.4 is 10.1 Å². The molecule has 7 nitrogen and oxygen atoms in total. The first kappa shape index (κ1) is 21.5. The minimum atomic E-state index is -0.246. The number of nitrogens with one attached hydrogen (secondary N) is 1. The summed E-state index contributed by atoms with van der Waals surface area (Å²) in [5, 5.41) is 21.3. The molecule has 2 N–H and O–H groups in total. The summed E-state index contributed by atoms with van der Waals surface area (Å²) < 4.78 is 5.88. The van der Waals surface area contributed by atoms with Crippen molar-refractivity contribution in [1.29, 1.82) is 0 Å². The highest BCUT2D eigenvalue weighted by molar-refractivity contribution is 5.93. The number of amides is 1. The van der Waals surface area contributed by atoms with Crippen molar-refractivity contribution in [1.82, 2.24) is 15.0 Å². The predicted molar refractivity (Wildman–Crippen MR) is 124 cm³/mol. The number of carbonyl (C=O) groups is 1. The second-order valence-corrected chi connectivity index (χ2v) is 7.86. The van der Waals surface area contributed by atoms with Gasteiger partial charge in [-0.1, -0.05) is 35.9 Å². The average Bonchev–Trinajstić information content (AvgIpc) is 3.19. The number of aliphatic hydroxyl groups is 1. The van der Waals surface area contributed by atoms with Gasteiger partial charge >= 0.3 is 0 Å².